The molecule has 0 bridgehead atoms. The first kappa shape index (κ1) is 9.91. The van der Waals surface area contributed by atoms with Gasteiger partial charge in [0.15, 0.2) is 0 Å². The van der Waals surface area contributed by atoms with Crippen molar-refractivity contribution in [3.05, 3.63) is 35.9 Å². The lowest BCUT2D eigenvalue weighted by Crippen LogP contribution is -1.70. The van der Waals surface area contributed by atoms with Crippen LogP contribution in [0.15, 0.2) is 35.3 Å². The van der Waals surface area contributed by atoms with Crippen LogP contribution in [0.1, 0.15) is 12.0 Å². The van der Waals surface area contributed by atoms with Gasteiger partial charge in [0.05, 0.1) is 18.2 Å². The third-order valence-electron chi connectivity index (χ3n) is 1.56. The molecule has 0 fully saturated rings. The molecule has 0 aliphatic rings. The topological polar surface area (TPSA) is 53.2 Å². The molecule has 68 valence electrons. The Morgan fingerprint density at radius 1 is 1.50 bits per heavy atom. The summed E-state index contributed by atoms with van der Waals surface area (Å²) in [6.07, 6.45) is 5.42. The zero-order valence-electron chi connectivity index (χ0n) is 7.47. The molecule has 0 unspecified atom stereocenters. The molecule has 3 nitrogen and oxygen atoms in total. The number of aliphatic imine (C=N–C) groups is 1. The lowest BCUT2D eigenvalue weighted by molar-refractivity contribution is 0.565. The molecule has 0 heterocycles. The number of nitriles is 1. The van der Waals surface area contributed by atoms with E-state index in [4.69, 9.17) is 5.26 Å². The molecule has 0 amide bonds. The quantitative estimate of drug-likeness (QED) is 0.535. The van der Waals surface area contributed by atoms with Gasteiger partial charge in [0.1, 0.15) is 0 Å². The van der Waals surface area contributed by atoms with Crippen LogP contribution in [0.5, 0.6) is 0 Å². The Bertz CT molecular complexity index is 423. The highest BCUT2D eigenvalue weighted by atomic mass is 16.1. The van der Waals surface area contributed by atoms with Crippen molar-refractivity contribution >= 4 is 17.8 Å². The normalized spacial score (nSPS) is 9.36. The Morgan fingerprint density at radius 3 is 3.07 bits per heavy atom. The largest absolute Gasteiger partial charge is 0.240 e. The fraction of sp³-hybridized carbons (Fsp3) is 0.0909. The van der Waals surface area contributed by atoms with Crippen molar-refractivity contribution in [1.29, 1.82) is 5.26 Å². The van der Waals surface area contributed by atoms with Crippen molar-refractivity contribution in [3.8, 4) is 6.07 Å². The molecule has 14 heavy (non-hydrogen) atoms. The molecule has 1 rings (SSSR count). The molecule has 0 aliphatic carbocycles. The molecular weight excluding hydrogens is 176 g/mol. The second kappa shape index (κ2) is 5.47. The smallest absolute Gasteiger partial charge is 0.211 e. The number of carbonyl (C=O) groups excluding carboxylic acids is 1. The summed E-state index contributed by atoms with van der Waals surface area (Å²) in [6, 6.07) is 9.14. The highest BCUT2D eigenvalue weighted by molar-refractivity contribution is 5.57. The Labute approximate surface area is 82.0 Å². The molecule has 0 aliphatic heterocycles. The van der Waals surface area contributed by atoms with Gasteiger partial charge in [-0.1, -0.05) is 24.3 Å². The van der Waals surface area contributed by atoms with Crippen LogP contribution in [0.3, 0.4) is 0 Å². The van der Waals surface area contributed by atoms with Crippen molar-refractivity contribution < 1.29 is 4.79 Å². The molecule has 3 heteroatoms. The van der Waals surface area contributed by atoms with Crippen molar-refractivity contribution in [2.45, 2.75) is 6.42 Å². The van der Waals surface area contributed by atoms with E-state index in [2.05, 4.69) is 4.99 Å². The van der Waals surface area contributed by atoms with Crippen molar-refractivity contribution in [2.24, 2.45) is 4.99 Å². The minimum Gasteiger partial charge on any atom is -0.211 e. The van der Waals surface area contributed by atoms with Gasteiger partial charge in [0.2, 0.25) is 6.08 Å². The Balaban J connectivity index is 2.84. The van der Waals surface area contributed by atoms with Crippen molar-refractivity contribution in [1.82, 2.24) is 0 Å². The molecular formula is C11H8N2O. The second-order valence-corrected chi connectivity index (χ2v) is 2.56. The molecule has 1 aromatic carbocycles. The van der Waals surface area contributed by atoms with E-state index in [1.54, 1.807) is 24.3 Å². The highest BCUT2D eigenvalue weighted by Crippen LogP contribution is 2.14. The predicted octanol–water partition coefficient (Wildman–Crippen LogP) is 2.58. The van der Waals surface area contributed by atoms with Crippen LogP contribution in [0.25, 0.3) is 6.08 Å². The Hall–Kier alpha value is -2.17. The minimum absolute atomic E-state index is 0.376. The molecule has 0 aromatic heterocycles. The standard InChI is InChI=1S/C11H8N2O/c12-7-2-1-4-10-5-3-6-11(8-10)13-9-14/h1,3-6,8H,2H2. The third kappa shape index (κ3) is 3.06. The Kier molecular flexibility index (Phi) is 3.87. The monoisotopic (exact) mass is 184 g/mol. The van der Waals surface area contributed by atoms with Gasteiger partial charge in [-0.25, -0.2) is 4.79 Å². The van der Waals surface area contributed by atoms with E-state index in [-0.39, 0.29) is 0 Å². The maximum Gasteiger partial charge on any atom is 0.240 e. The number of hydrogen-bond acceptors (Lipinski definition) is 3. The highest BCUT2D eigenvalue weighted by Gasteiger charge is 1.89. The van der Waals surface area contributed by atoms with E-state index in [9.17, 15) is 4.79 Å². The summed E-state index contributed by atoms with van der Waals surface area (Å²) in [6.45, 7) is 0. The van der Waals surface area contributed by atoms with Gasteiger partial charge in [-0.3, -0.25) is 0 Å². The first-order valence-corrected chi connectivity index (χ1v) is 4.08. The number of allylic oxidation sites excluding steroid dienone is 1. The van der Waals surface area contributed by atoms with Crippen LogP contribution in [0.2, 0.25) is 0 Å². The summed E-state index contributed by atoms with van der Waals surface area (Å²) >= 11 is 0. The van der Waals surface area contributed by atoms with Crippen LogP contribution in [-0.2, 0) is 4.79 Å². The average Bonchev–Trinajstić information content (AvgIpc) is 2.19. The molecule has 0 N–H and O–H groups in total. The number of isocyanates is 1. The van der Waals surface area contributed by atoms with Crippen molar-refractivity contribution in [3.63, 3.8) is 0 Å². The SMILES string of the molecule is N#CCC=Cc1cccc(N=C=O)c1. The van der Waals surface area contributed by atoms with E-state index in [1.165, 1.54) is 6.08 Å². The fourth-order valence-electron chi connectivity index (χ4n) is 0.998. The van der Waals surface area contributed by atoms with E-state index in [1.807, 2.05) is 18.2 Å². The molecule has 1 aromatic rings. The maximum absolute atomic E-state index is 9.99. The minimum atomic E-state index is 0.376. The maximum atomic E-state index is 9.99. The van der Waals surface area contributed by atoms with Gasteiger partial charge in [-0.15, -0.1) is 0 Å². The van der Waals surface area contributed by atoms with Gasteiger partial charge in [-0.05, 0) is 17.7 Å². The van der Waals surface area contributed by atoms with Gasteiger partial charge in [0, 0.05) is 0 Å². The van der Waals surface area contributed by atoms with E-state index in [0.717, 1.165) is 5.56 Å². The van der Waals surface area contributed by atoms with E-state index >= 15 is 0 Å². The molecule has 0 saturated carbocycles. The molecule has 0 atom stereocenters. The van der Waals surface area contributed by atoms with Gasteiger partial charge >= 0.3 is 0 Å². The number of nitrogens with zero attached hydrogens (tertiary/aromatic N) is 2. The molecule has 0 radical (unpaired) electrons. The van der Waals surface area contributed by atoms with E-state index in [0.29, 0.717) is 12.1 Å². The summed E-state index contributed by atoms with van der Waals surface area (Å²) in [5.74, 6) is 0. The first-order valence-electron chi connectivity index (χ1n) is 4.08. The van der Waals surface area contributed by atoms with Crippen LogP contribution < -0.4 is 0 Å². The van der Waals surface area contributed by atoms with Crippen LogP contribution in [0, 0.1) is 11.3 Å². The summed E-state index contributed by atoms with van der Waals surface area (Å²) in [7, 11) is 0. The lowest BCUT2D eigenvalue weighted by Gasteiger charge is -1.93. The number of benzene rings is 1. The Morgan fingerprint density at radius 2 is 2.36 bits per heavy atom. The average molecular weight is 184 g/mol. The van der Waals surface area contributed by atoms with Gasteiger partial charge < -0.3 is 0 Å². The summed E-state index contributed by atoms with van der Waals surface area (Å²) < 4.78 is 0. The van der Waals surface area contributed by atoms with Crippen LogP contribution in [0.4, 0.5) is 5.69 Å². The lowest BCUT2D eigenvalue weighted by atomic mass is 10.2. The van der Waals surface area contributed by atoms with Crippen LogP contribution >= 0.6 is 0 Å². The number of rotatable bonds is 3. The van der Waals surface area contributed by atoms with Crippen molar-refractivity contribution in [2.75, 3.05) is 0 Å². The fourth-order valence-corrected chi connectivity index (χ4v) is 0.998. The zero-order valence-corrected chi connectivity index (χ0v) is 7.47. The predicted molar refractivity (Wildman–Crippen MR) is 53.5 cm³/mol. The second-order valence-electron chi connectivity index (χ2n) is 2.56. The zero-order chi connectivity index (χ0) is 10.2. The summed E-state index contributed by atoms with van der Waals surface area (Å²) in [5.41, 5.74) is 1.48. The number of hydrogen-bond donors (Lipinski definition) is 0. The molecule has 0 spiro atoms. The van der Waals surface area contributed by atoms with Gasteiger partial charge in [0.25, 0.3) is 0 Å². The third-order valence-corrected chi connectivity index (χ3v) is 1.56. The first-order chi connectivity index (χ1) is 6.86. The van der Waals surface area contributed by atoms with Crippen LogP contribution in [-0.4, -0.2) is 6.08 Å². The molecule has 0 saturated heterocycles. The van der Waals surface area contributed by atoms with E-state index < -0.39 is 0 Å². The summed E-state index contributed by atoms with van der Waals surface area (Å²) in [4.78, 5) is 13.5. The van der Waals surface area contributed by atoms with Gasteiger partial charge in [-0.2, -0.15) is 10.3 Å². The summed E-state index contributed by atoms with van der Waals surface area (Å²) in [5, 5.41) is 8.31.